The second-order valence-electron chi connectivity index (χ2n) is 6.74. The van der Waals surface area contributed by atoms with Gasteiger partial charge >= 0.3 is 0 Å². The number of thiophene rings is 1. The van der Waals surface area contributed by atoms with Gasteiger partial charge in [-0.15, -0.1) is 11.3 Å². The number of sulfonamides is 1. The Morgan fingerprint density at radius 1 is 0.900 bits per heavy atom. The monoisotopic (exact) mass is 441 g/mol. The highest BCUT2D eigenvalue weighted by Crippen LogP contribution is 2.21. The lowest BCUT2D eigenvalue weighted by Crippen LogP contribution is -2.50. The van der Waals surface area contributed by atoms with Crippen molar-refractivity contribution in [2.75, 3.05) is 26.2 Å². The zero-order chi connectivity index (χ0) is 21.1. The van der Waals surface area contributed by atoms with Crippen LogP contribution in [0.3, 0.4) is 0 Å². The van der Waals surface area contributed by atoms with Crippen LogP contribution in [0.25, 0.3) is 0 Å². The Hall–Kier alpha value is -2.88. The molecule has 4 rings (SSSR count). The van der Waals surface area contributed by atoms with E-state index in [4.69, 9.17) is 0 Å². The maximum atomic E-state index is 13.1. The number of hydrogen-bond acceptors (Lipinski definition) is 6. The van der Waals surface area contributed by atoms with Crippen molar-refractivity contribution in [2.45, 2.75) is 4.90 Å². The molecule has 1 fully saturated rings. The average Bonchev–Trinajstić information content (AvgIpc) is 3.34. The number of hydrogen-bond donors (Lipinski definition) is 0. The number of pyridine rings is 1. The maximum absolute atomic E-state index is 13.1. The Labute approximate surface area is 178 Å². The second kappa shape index (κ2) is 8.47. The second-order valence-corrected chi connectivity index (χ2v) is 9.62. The third kappa shape index (κ3) is 3.91. The van der Waals surface area contributed by atoms with Gasteiger partial charge in [0.15, 0.2) is 0 Å². The van der Waals surface area contributed by atoms with E-state index in [1.165, 1.54) is 34.1 Å². The minimum atomic E-state index is -3.65. The fourth-order valence-corrected chi connectivity index (χ4v) is 5.42. The molecule has 1 amide bonds. The summed E-state index contributed by atoms with van der Waals surface area (Å²) in [5.74, 6) is -0.458. The molecule has 30 heavy (non-hydrogen) atoms. The Morgan fingerprint density at radius 2 is 1.63 bits per heavy atom. The predicted molar refractivity (Wildman–Crippen MR) is 113 cm³/mol. The summed E-state index contributed by atoms with van der Waals surface area (Å²) in [6.45, 7) is 0.869. The number of carbonyl (C=O) groups excluding carboxylic acids is 2. The molecule has 2 aromatic heterocycles. The largest absolute Gasteiger partial charge is 0.336 e. The van der Waals surface area contributed by atoms with Gasteiger partial charge in [-0.25, -0.2) is 8.42 Å². The van der Waals surface area contributed by atoms with Crippen LogP contribution in [-0.4, -0.2) is 60.5 Å². The molecule has 7 nitrogen and oxygen atoms in total. The number of benzene rings is 1. The van der Waals surface area contributed by atoms with Crippen LogP contribution in [0.2, 0.25) is 0 Å². The summed E-state index contributed by atoms with van der Waals surface area (Å²) < 4.78 is 26.9. The first-order valence-corrected chi connectivity index (χ1v) is 11.7. The van der Waals surface area contributed by atoms with Crippen LogP contribution in [0.4, 0.5) is 0 Å². The fraction of sp³-hybridized carbons (Fsp3) is 0.190. The molecule has 0 N–H and O–H groups in total. The summed E-state index contributed by atoms with van der Waals surface area (Å²) in [5, 5.41) is 1.82. The van der Waals surface area contributed by atoms with Gasteiger partial charge in [0.1, 0.15) is 4.90 Å². The average molecular weight is 442 g/mol. The Balaban J connectivity index is 1.50. The first-order valence-electron chi connectivity index (χ1n) is 9.35. The van der Waals surface area contributed by atoms with E-state index in [-0.39, 0.29) is 42.8 Å². The van der Waals surface area contributed by atoms with Crippen LogP contribution in [0.15, 0.2) is 71.2 Å². The molecule has 0 bridgehead atoms. The Morgan fingerprint density at radius 3 is 2.27 bits per heavy atom. The van der Waals surface area contributed by atoms with Crippen molar-refractivity contribution >= 4 is 33.1 Å². The van der Waals surface area contributed by atoms with Gasteiger partial charge in [0.25, 0.3) is 5.91 Å². The van der Waals surface area contributed by atoms with Crippen LogP contribution < -0.4 is 0 Å². The summed E-state index contributed by atoms with van der Waals surface area (Å²) in [6, 6.07) is 13.4. The lowest BCUT2D eigenvalue weighted by atomic mass is 10.0. The van der Waals surface area contributed by atoms with Gasteiger partial charge < -0.3 is 4.90 Å². The van der Waals surface area contributed by atoms with E-state index in [1.54, 1.807) is 47.4 Å². The SMILES string of the molecule is O=C(c1cccs1)c1ccccc1C(=O)N1CCN(S(=O)(=O)c2cccnc2)CC1. The van der Waals surface area contributed by atoms with E-state index < -0.39 is 10.0 Å². The third-order valence-electron chi connectivity index (χ3n) is 4.95. The number of ketones is 1. The summed E-state index contributed by atoms with van der Waals surface area (Å²) in [5.41, 5.74) is 0.690. The van der Waals surface area contributed by atoms with Gasteiger partial charge in [0.2, 0.25) is 15.8 Å². The number of rotatable bonds is 5. The van der Waals surface area contributed by atoms with Gasteiger partial charge in [-0.05, 0) is 29.6 Å². The van der Waals surface area contributed by atoms with Crippen LogP contribution in [0.1, 0.15) is 25.6 Å². The highest BCUT2D eigenvalue weighted by atomic mass is 32.2. The molecule has 0 atom stereocenters. The van der Waals surface area contributed by atoms with Gasteiger partial charge in [-0.2, -0.15) is 4.31 Å². The molecule has 1 aliphatic rings. The van der Waals surface area contributed by atoms with Gasteiger partial charge in [0, 0.05) is 44.1 Å². The summed E-state index contributed by atoms with van der Waals surface area (Å²) in [7, 11) is -3.65. The smallest absolute Gasteiger partial charge is 0.254 e. The highest BCUT2D eigenvalue weighted by molar-refractivity contribution is 7.89. The summed E-state index contributed by atoms with van der Waals surface area (Å²) in [4.78, 5) is 32.1. The molecule has 3 aromatic rings. The number of carbonyl (C=O) groups is 2. The van der Waals surface area contributed by atoms with Crippen molar-refractivity contribution in [3.63, 3.8) is 0 Å². The van der Waals surface area contributed by atoms with E-state index in [9.17, 15) is 18.0 Å². The van der Waals surface area contributed by atoms with Crippen molar-refractivity contribution in [3.05, 3.63) is 82.3 Å². The van der Waals surface area contributed by atoms with Crippen molar-refractivity contribution in [1.82, 2.24) is 14.2 Å². The standard InChI is InChI=1S/C21H19N3O4S2/c25-20(19-8-4-14-29-19)17-6-1-2-7-18(17)21(26)23-10-12-24(13-11-23)30(27,28)16-5-3-9-22-15-16/h1-9,14-15H,10-13H2. The molecule has 0 aliphatic carbocycles. The topological polar surface area (TPSA) is 87.7 Å². The fourth-order valence-electron chi connectivity index (χ4n) is 3.36. The third-order valence-corrected chi connectivity index (χ3v) is 7.70. The first-order chi connectivity index (χ1) is 14.5. The molecule has 1 aliphatic heterocycles. The number of amides is 1. The molecule has 154 valence electrons. The van der Waals surface area contributed by atoms with Crippen molar-refractivity contribution in [2.24, 2.45) is 0 Å². The molecular formula is C21H19N3O4S2. The maximum Gasteiger partial charge on any atom is 0.254 e. The molecule has 1 saturated heterocycles. The minimum Gasteiger partial charge on any atom is -0.336 e. The van der Waals surface area contributed by atoms with E-state index in [2.05, 4.69) is 4.98 Å². The van der Waals surface area contributed by atoms with Crippen LogP contribution in [0, 0.1) is 0 Å². The lowest BCUT2D eigenvalue weighted by molar-refractivity contribution is 0.0694. The van der Waals surface area contributed by atoms with E-state index >= 15 is 0 Å². The predicted octanol–water partition coefficient (Wildman–Crippen LogP) is 2.52. The van der Waals surface area contributed by atoms with Crippen molar-refractivity contribution in [3.8, 4) is 0 Å². The molecule has 0 radical (unpaired) electrons. The van der Waals surface area contributed by atoms with Gasteiger partial charge in [-0.3, -0.25) is 14.6 Å². The minimum absolute atomic E-state index is 0.136. The van der Waals surface area contributed by atoms with Crippen LogP contribution in [0.5, 0.6) is 0 Å². The van der Waals surface area contributed by atoms with E-state index in [1.807, 2.05) is 5.38 Å². The molecule has 0 saturated carbocycles. The zero-order valence-electron chi connectivity index (χ0n) is 16.0. The highest BCUT2D eigenvalue weighted by Gasteiger charge is 2.31. The molecule has 9 heteroatoms. The summed E-state index contributed by atoms with van der Waals surface area (Å²) >= 11 is 1.33. The Kier molecular flexibility index (Phi) is 5.76. The normalized spacial score (nSPS) is 15.1. The van der Waals surface area contributed by atoms with Crippen molar-refractivity contribution in [1.29, 1.82) is 0 Å². The van der Waals surface area contributed by atoms with Crippen LogP contribution in [-0.2, 0) is 10.0 Å². The first kappa shape index (κ1) is 20.4. The molecule has 0 unspecified atom stereocenters. The molecule has 1 aromatic carbocycles. The van der Waals surface area contributed by atoms with Crippen LogP contribution >= 0.6 is 11.3 Å². The van der Waals surface area contributed by atoms with Gasteiger partial charge in [0.05, 0.1) is 10.4 Å². The van der Waals surface area contributed by atoms with E-state index in [0.717, 1.165) is 0 Å². The summed E-state index contributed by atoms with van der Waals surface area (Å²) in [6.07, 6.45) is 2.84. The number of nitrogens with zero attached hydrogens (tertiary/aromatic N) is 3. The number of aromatic nitrogens is 1. The lowest BCUT2D eigenvalue weighted by Gasteiger charge is -2.34. The van der Waals surface area contributed by atoms with Crippen molar-refractivity contribution < 1.29 is 18.0 Å². The molecule has 3 heterocycles. The Bertz CT molecular complexity index is 1150. The molecule has 0 spiro atoms. The zero-order valence-corrected chi connectivity index (χ0v) is 17.6. The quantitative estimate of drug-likeness (QED) is 0.568. The van der Waals surface area contributed by atoms with Gasteiger partial charge in [-0.1, -0.05) is 24.3 Å². The molecular weight excluding hydrogens is 422 g/mol. The number of piperazine rings is 1. The van der Waals surface area contributed by atoms with E-state index in [0.29, 0.717) is 16.0 Å².